The first-order chi connectivity index (χ1) is 7.04. The Kier molecular flexibility index (Phi) is 4.08. The topological polar surface area (TPSA) is 68.9 Å². The van der Waals surface area contributed by atoms with Gasteiger partial charge < -0.3 is 5.73 Å². The van der Waals surface area contributed by atoms with E-state index in [0.717, 1.165) is 17.1 Å². The van der Waals surface area contributed by atoms with Crippen LogP contribution in [0.4, 0.5) is 0 Å². The maximum absolute atomic E-state index is 10.9. The average molecular weight is 225 g/mol. The summed E-state index contributed by atoms with van der Waals surface area (Å²) in [6.45, 7) is 4.24. The number of thioether (sulfide) groups is 1. The molecule has 0 aliphatic carbocycles. The standard InChI is InChI=1S/C10H15N3OS/c1-6(2)4-7-10(15-3)13-8(5-12-7)9(11)14/h5-6H,4H2,1-3H3,(H2,11,14). The molecule has 0 bridgehead atoms. The van der Waals surface area contributed by atoms with Gasteiger partial charge in [0.05, 0.1) is 11.9 Å². The highest BCUT2D eigenvalue weighted by atomic mass is 32.2. The monoisotopic (exact) mass is 225 g/mol. The number of hydrogen-bond donors (Lipinski definition) is 1. The van der Waals surface area contributed by atoms with Gasteiger partial charge in [-0.15, -0.1) is 11.8 Å². The Morgan fingerprint density at radius 3 is 2.73 bits per heavy atom. The van der Waals surface area contributed by atoms with Crippen molar-refractivity contribution in [1.82, 2.24) is 9.97 Å². The molecular weight excluding hydrogens is 210 g/mol. The molecule has 15 heavy (non-hydrogen) atoms. The molecule has 0 fully saturated rings. The van der Waals surface area contributed by atoms with Crippen LogP contribution >= 0.6 is 11.8 Å². The lowest BCUT2D eigenvalue weighted by Crippen LogP contribution is -2.15. The van der Waals surface area contributed by atoms with E-state index in [0.29, 0.717) is 5.92 Å². The first-order valence-electron chi connectivity index (χ1n) is 4.74. The summed E-state index contributed by atoms with van der Waals surface area (Å²) in [4.78, 5) is 19.3. The third-order valence-corrected chi connectivity index (χ3v) is 2.57. The minimum Gasteiger partial charge on any atom is -0.364 e. The van der Waals surface area contributed by atoms with Crippen molar-refractivity contribution in [1.29, 1.82) is 0 Å². The van der Waals surface area contributed by atoms with Gasteiger partial charge in [0, 0.05) is 0 Å². The second-order valence-corrected chi connectivity index (χ2v) is 4.47. The second kappa shape index (κ2) is 5.11. The summed E-state index contributed by atoms with van der Waals surface area (Å²) in [5.41, 5.74) is 6.30. The number of primary amides is 1. The molecule has 1 amide bonds. The molecule has 0 spiro atoms. The zero-order valence-corrected chi connectivity index (χ0v) is 9.97. The Balaban J connectivity index is 3.03. The van der Waals surface area contributed by atoms with Crippen LogP contribution in [0.15, 0.2) is 11.2 Å². The maximum atomic E-state index is 10.9. The number of carbonyl (C=O) groups is 1. The van der Waals surface area contributed by atoms with Crippen molar-refractivity contribution >= 4 is 17.7 Å². The van der Waals surface area contributed by atoms with Gasteiger partial charge in [-0.25, -0.2) is 4.98 Å². The van der Waals surface area contributed by atoms with Crippen LogP contribution in [-0.4, -0.2) is 22.1 Å². The van der Waals surface area contributed by atoms with Crippen molar-refractivity contribution in [3.05, 3.63) is 17.6 Å². The first-order valence-corrected chi connectivity index (χ1v) is 5.96. The molecule has 0 unspecified atom stereocenters. The molecule has 82 valence electrons. The largest absolute Gasteiger partial charge is 0.364 e. The molecule has 1 aromatic heterocycles. The molecule has 1 heterocycles. The van der Waals surface area contributed by atoms with E-state index in [1.807, 2.05) is 6.26 Å². The third-order valence-electron chi connectivity index (χ3n) is 1.86. The smallest absolute Gasteiger partial charge is 0.268 e. The van der Waals surface area contributed by atoms with Gasteiger partial charge in [-0.1, -0.05) is 13.8 Å². The van der Waals surface area contributed by atoms with E-state index in [9.17, 15) is 4.79 Å². The lowest BCUT2D eigenvalue weighted by atomic mass is 10.1. The molecule has 1 aromatic rings. The predicted molar refractivity (Wildman–Crippen MR) is 60.9 cm³/mol. The number of carbonyl (C=O) groups excluding carboxylic acids is 1. The highest BCUT2D eigenvalue weighted by Crippen LogP contribution is 2.18. The molecule has 4 nitrogen and oxygen atoms in total. The zero-order valence-electron chi connectivity index (χ0n) is 9.15. The normalized spacial score (nSPS) is 10.7. The summed E-state index contributed by atoms with van der Waals surface area (Å²) in [7, 11) is 0. The van der Waals surface area contributed by atoms with Crippen molar-refractivity contribution in [2.75, 3.05) is 6.26 Å². The summed E-state index contributed by atoms with van der Waals surface area (Å²) >= 11 is 1.49. The first kappa shape index (κ1) is 12.0. The summed E-state index contributed by atoms with van der Waals surface area (Å²) < 4.78 is 0. The van der Waals surface area contributed by atoms with E-state index in [1.54, 1.807) is 0 Å². The van der Waals surface area contributed by atoms with Crippen LogP contribution in [0.1, 0.15) is 30.0 Å². The third kappa shape index (κ3) is 3.20. The highest BCUT2D eigenvalue weighted by molar-refractivity contribution is 7.98. The summed E-state index contributed by atoms with van der Waals surface area (Å²) in [6, 6.07) is 0. The van der Waals surface area contributed by atoms with Crippen LogP contribution in [0.2, 0.25) is 0 Å². The van der Waals surface area contributed by atoms with Crippen LogP contribution in [0.5, 0.6) is 0 Å². The lowest BCUT2D eigenvalue weighted by Gasteiger charge is -2.08. The van der Waals surface area contributed by atoms with Gasteiger partial charge in [-0.2, -0.15) is 0 Å². The van der Waals surface area contributed by atoms with E-state index in [4.69, 9.17) is 5.73 Å². The van der Waals surface area contributed by atoms with Crippen LogP contribution in [0.3, 0.4) is 0 Å². The Bertz CT molecular complexity index is 366. The van der Waals surface area contributed by atoms with Crippen molar-refractivity contribution in [2.45, 2.75) is 25.3 Å². The Hall–Kier alpha value is -1.10. The molecule has 0 saturated carbocycles. The lowest BCUT2D eigenvalue weighted by molar-refractivity contribution is 0.0994. The summed E-state index contributed by atoms with van der Waals surface area (Å²) in [5.74, 6) is -0.0153. The molecule has 0 aliphatic rings. The Labute approximate surface area is 93.7 Å². The highest BCUT2D eigenvalue weighted by Gasteiger charge is 2.10. The summed E-state index contributed by atoms with van der Waals surface area (Å²) in [6.07, 6.45) is 4.22. The van der Waals surface area contributed by atoms with Crippen molar-refractivity contribution in [3.63, 3.8) is 0 Å². The number of rotatable bonds is 4. The minimum absolute atomic E-state index is 0.229. The average Bonchev–Trinajstić information content (AvgIpc) is 2.17. The fourth-order valence-corrected chi connectivity index (χ4v) is 1.77. The molecule has 0 atom stereocenters. The molecule has 2 N–H and O–H groups in total. The number of nitrogens with two attached hydrogens (primary N) is 1. The number of nitrogens with zero attached hydrogens (tertiary/aromatic N) is 2. The van der Waals surface area contributed by atoms with E-state index in [1.165, 1.54) is 18.0 Å². The van der Waals surface area contributed by atoms with Gasteiger partial charge in [0.2, 0.25) is 0 Å². The van der Waals surface area contributed by atoms with Gasteiger partial charge in [0.15, 0.2) is 0 Å². The molecule has 0 aliphatic heterocycles. The fraction of sp³-hybridized carbons (Fsp3) is 0.500. The zero-order chi connectivity index (χ0) is 11.4. The second-order valence-electron chi connectivity index (χ2n) is 3.67. The fourth-order valence-electron chi connectivity index (χ4n) is 1.21. The summed E-state index contributed by atoms with van der Waals surface area (Å²) in [5, 5.41) is 0.792. The Morgan fingerprint density at radius 1 is 1.60 bits per heavy atom. The van der Waals surface area contributed by atoms with Gasteiger partial charge in [0.1, 0.15) is 10.7 Å². The molecular formula is C10H15N3OS. The minimum atomic E-state index is -0.533. The number of aromatic nitrogens is 2. The van der Waals surface area contributed by atoms with Gasteiger partial charge in [-0.05, 0) is 18.6 Å². The van der Waals surface area contributed by atoms with E-state index in [2.05, 4.69) is 23.8 Å². The van der Waals surface area contributed by atoms with E-state index in [-0.39, 0.29) is 5.69 Å². The maximum Gasteiger partial charge on any atom is 0.268 e. The Morgan fingerprint density at radius 2 is 2.27 bits per heavy atom. The van der Waals surface area contributed by atoms with E-state index < -0.39 is 5.91 Å². The molecule has 5 heteroatoms. The van der Waals surface area contributed by atoms with Crippen molar-refractivity contribution in [3.8, 4) is 0 Å². The molecule has 0 saturated heterocycles. The predicted octanol–water partition coefficient (Wildman–Crippen LogP) is 1.50. The van der Waals surface area contributed by atoms with Gasteiger partial charge in [0.25, 0.3) is 5.91 Å². The quantitative estimate of drug-likeness (QED) is 0.788. The van der Waals surface area contributed by atoms with Crippen LogP contribution in [-0.2, 0) is 6.42 Å². The van der Waals surface area contributed by atoms with Crippen molar-refractivity contribution < 1.29 is 4.79 Å². The van der Waals surface area contributed by atoms with Gasteiger partial charge >= 0.3 is 0 Å². The number of hydrogen-bond acceptors (Lipinski definition) is 4. The van der Waals surface area contributed by atoms with E-state index >= 15 is 0 Å². The van der Waals surface area contributed by atoms with Crippen molar-refractivity contribution in [2.24, 2.45) is 11.7 Å². The van der Waals surface area contributed by atoms with Crippen LogP contribution in [0.25, 0.3) is 0 Å². The molecule has 1 rings (SSSR count). The van der Waals surface area contributed by atoms with Crippen LogP contribution in [0, 0.1) is 5.92 Å². The molecule has 0 aromatic carbocycles. The number of amides is 1. The molecule has 0 radical (unpaired) electrons. The van der Waals surface area contributed by atoms with Gasteiger partial charge in [-0.3, -0.25) is 9.78 Å². The van der Waals surface area contributed by atoms with Crippen LogP contribution < -0.4 is 5.73 Å². The SMILES string of the molecule is CSc1nc(C(N)=O)cnc1CC(C)C.